The molecule has 0 radical (unpaired) electrons. The Morgan fingerprint density at radius 1 is 0.641 bits per heavy atom. The molecule has 0 heterocycles. The van der Waals surface area contributed by atoms with E-state index in [0.717, 1.165) is 60.3 Å². The number of benzene rings is 3. The van der Waals surface area contributed by atoms with E-state index in [-0.39, 0.29) is 11.6 Å². The maximum atomic E-state index is 13.2. The molecule has 0 aromatic heterocycles. The van der Waals surface area contributed by atoms with E-state index in [0.29, 0.717) is 6.54 Å². The Morgan fingerprint density at radius 3 is 1.31 bits per heavy atom. The fraction of sp³-hybridized carbons (Fsp3) is 0.357. The number of halogens is 5. The van der Waals surface area contributed by atoms with Crippen LogP contribution < -0.4 is 16.8 Å². The van der Waals surface area contributed by atoms with Gasteiger partial charge in [-0.15, -0.1) is 0 Å². The zero-order valence-electron chi connectivity index (χ0n) is 22.9. The predicted molar refractivity (Wildman–Crippen MR) is 161 cm³/mol. The van der Waals surface area contributed by atoms with Gasteiger partial charge < -0.3 is 16.8 Å². The molecule has 0 bridgehead atoms. The summed E-state index contributed by atoms with van der Waals surface area (Å²) in [6.45, 7) is 5.09. The van der Waals surface area contributed by atoms with Crippen molar-refractivity contribution < 1.29 is 21.6 Å². The lowest BCUT2D eigenvalue weighted by atomic mass is 9.95. The fourth-order valence-electron chi connectivity index (χ4n) is 2.91. The first-order valence-electron chi connectivity index (χ1n) is 12.0. The zero-order valence-corrected chi connectivity index (χ0v) is 25.1. The topological polar surface area (TPSA) is 91.8 Å². The molecule has 0 saturated heterocycles. The maximum Gasteiger partial charge on any atom is 0.123 e. The van der Waals surface area contributed by atoms with Crippen LogP contribution in [-0.2, 0) is 19.3 Å². The van der Waals surface area contributed by atoms with Gasteiger partial charge in [0.15, 0.2) is 0 Å². The van der Waals surface area contributed by atoms with Crippen LogP contribution in [0.3, 0.4) is 0 Å². The molecule has 220 valence electrons. The second kappa shape index (κ2) is 27.7. The number of nitrogens with one attached hydrogen (secondary N) is 1. The third kappa shape index (κ3) is 20.7. The summed E-state index contributed by atoms with van der Waals surface area (Å²) in [5, 5.41) is 3.29. The summed E-state index contributed by atoms with van der Waals surface area (Å²) in [6, 6.07) is 19.2. The number of rotatable bonds is 8. The van der Waals surface area contributed by atoms with Crippen molar-refractivity contribution in [3.63, 3.8) is 0 Å². The van der Waals surface area contributed by atoms with E-state index < -0.39 is 0 Å². The van der Waals surface area contributed by atoms with Crippen molar-refractivity contribution in [3.05, 3.63) is 83.9 Å². The molecule has 3 rings (SSSR count). The Kier molecular flexibility index (Phi) is 27.9. The quantitative estimate of drug-likeness (QED) is 0.236. The van der Waals surface area contributed by atoms with E-state index in [1.165, 1.54) is 45.6 Å². The average molecular weight is 611 g/mol. The lowest BCUT2D eigenvalue weighted by Gasteiger charge is -2.11. The van der Waals surface area contributed by atoms with Gasteiger partial charge in [-0.3, -0.25) is 12.9 Å². The van der Waals surface area contributed by atoms with Crippen LogP contribution in [0.2, 0.25) is 0 Å². The summed E-state index contributed by atoms with van der Waals surface area (Å²) < 4.78 is 37.7. The molecule has 0 fully saturated rings. The second-order valence-electron chi connectivity index (χ2n) is 7.47. The number of hydrogen-bond donors (Lipinski definition) is 3. The summed E-state index contributed by atoms with van der Waals surface area (Å²) in [7, 11) is 4.17. The minimum Gasteiger partial charge on any atom is -0.330 e. The van der Waals surface area contributed by atoms with E-state index in [4.69, 9.17) is 11.5 Å². The molecule has 0 aliphatic heterocycles. The monoisotopic (exact) mass is 609 g/mol. The Labute approximate surface area is 247 Å². The van der Waals surface area contributed by atoms with Crippen molar-refractivity contribution in [1.82, 2.24) is 5.32 Å². The summed E-state index contributed by atoms with van der Waals surface area (Å²) in [4.78, 5) is 0. The number of hydrogen-bond acceptors (Lipinski definition) is 6. The summed E-state index contributed by atoms with van der Waals surface area (Å²) in [5.41, 5.74) is 15.6. The van der Waals surface area contributed by atoms with Gasteiger partial charge in [0.2, 0.25) is 0 Å². The van der Waals surface area contributed by atoms with Gasteiger partial charge in [0.05, 0.1) is 56.9 Å². The largest absolute Gasteiger partial charge is 0.330 e. The Bertz CT molecular complexity index is 885. The Balaban J connectivity index is 0. The molecule has 3 aromatic rings. The molecule has 0 spiro atoms. The van der Waals surface area contributed by atoms with Gasteiger partial charge in [0.1, 0.15) is 11.6 Å². The van der Waals surface area contributed by atoms with Crippen molar-refractivity contribution in [2.45, 2.75) is 19.8 Å². The molecule has 0 saturated carbocycles. The first kappa shape index (κ1) is 39.3. The SMILES string of the molecule is CCCN.COCl.COCl.COCl.NCCNCCc1cc(-c2ccc(F)cc2)cc(-c2ccc(F)cc2)c1. The van der Waals surface area contributed by atoms with Crippen LogP contribution in [0.25, 0.3) is 22.3 Å². The van der Waals surface area contributed by atoms with Gasteiger partial charge in [-0.2, -0.15) is 0 Å². The van der Waals surface area contributed by atoms with Crippen molar-refractivity contribution >= 4 is 35.6 Å². The van der Waals surface area contributed by atoms with Gasteiger partial charge >= 0.3 is 0 Å². The van der Waals surface area contributed by atoms with E-state index in [1.54, 1.807) is 24.3 Å². The van der Waals surface area contributed by atoms with Crippen LogP contribution >= 0.6 is 35.6 Å². The molecular weight excluding hydrogens is 571 g/mol. The first-order valence-corrected chi connectivity index (χ1v) is 13.0. The van der Waals surface area contributed by atoms with Gasteiger partial charge in [-0.25, -0.2) is 8.78 Å². The molecule has 5 N–H and O–H groups in total. The molecule has 0 aliphatic carbocycles. The van der Waals surface area contributed by atoms with Crippen molar-refractivity contribution in [2.75, 3.05) is 47.5 Å². The summed E-state index contributed by atoms with van der Waals surface area (Å²) in [6.07, 6.45) is 1.95. The van der Waals surface area contributed by atoms with E-state index in [2.05, 4.69) is 78.9 Å². The van der Waals surface area contributed by atoms with E-state index in [1.807, 2.05) is 0 Å². The normalized spacial score (nSPS) is 9.41. The highest BCUT2D eigenvalue weighted by molar-refractivity contribution is 6.07. The lowest BCUT2D eigenvalue weighted by molar-refractivity contribution is 0.463. The van der Waals surface area contributed by atoms with Crippen molar-refractivity contribution in [2.24, 2.45) is 11.5 Å². The minimum atomic E-state index is -0.255. The molecule has 3 aromatic carbocycles. The summed E-state index contributed by atoms with van der Waals surface area (Å²) in [5.74, 6) is -0.510. The maximum absolute atomic E-state index is 13.2. The lowest BCUT2D eigenvalue weighted by Crippen LogP contribution is -2.24. The van der Waals surface area contributed by atoms with E-state index in [9.17, 15) is 8.78 Å². The van der Waals surface area contributed by atoms with Crippen LogP contribution in [0.1, 0.15) is 18.9 Å². The molecule has 39 heavy (non-hydrogen) atoms. The molecule has 0 aliphatic rings. The molecular formula is C28H40Cl3F2N3O3. The molecule has 0 unspecified atom stereocenters. The van der Waals surface area contributed by atoms with Crippen molar-refractivity contribution in [1.29, 1.82) is 0 Å². The summed E-state index contributed by atoms with van der Waals surface area (Å²) >= 11 is 13.5. The smallest absolute Gasteiger partial charge is 0.123 e. The van der Waals surface area contributed by atoms with Crippen LogP contribution in [-0.4, -0.2) is 47.5 Å². The Hall–Kier alpha value is -1.85. The van der Waals surface area contributed by atoms with Crippen LogP contribution in [0, 0.1) is 11.6 Å². The second-order valence-corrected chi connectivity index (χ2v) is 8.40. The minimum absolute atomic E-state index is 0.255. The van der Waals surface area contributed by atoms with Crippen molar-refractivity contribution in [3.8, 4) is 22.3 Å². The average Bonchev–Trinajstić information content (AvgIpc) is 2.93. The van der Waals surface area contributed by atoms with Gasteiger partial charge in [-0.05, 0) is 84.1 Å². The third-order valence-electron chi connectivity index (χ3n) is 4.55. The highest BCUT2D eigenvalue weighted by Crippen LogP contribution is 2.29. The molecule has 6 nitrogen and oxygen atoms in total. The van der Waals surface area contributed by atoms with Gasteiger partial charge in [-0.1, -0.05) is 43.3 Å². The van der Waals surface area contributed by atoms with Crippen LogP contribution in [0.4, 0.5) is 8.78 Å². The van der Waals surface area contributed by atoms with E-state index >= 15 is 0 Å². The predicted octanol–water partition coefficient (Wildman–Crippen LogP) is 7.10. The number of nitrogens with two attached hydrogens (primary N) is 2. The van der Waals surface area contributed by atoms with Gasteiger partial charge in [0, 0.05) is 13.1 Å². The third-order valence-corrected chi connectivity index (χ3v) is 4.55. The standard InChI is InChI=1S/C22H22F2N2.C3H9N.3CH3ClO/c23-21-5-1-17(2-6-21)19-13-16(9-11-26-12-10-25)14-20(15-19)18-3-7-22(24)8-4-18;1-2-3-4;3*1-3-2/h1-8,13-15,26H,9-12,25H2;2-4H2,1H3;3*1H3. The highest BCUT2D eigenvalue weighted by Gasteiger charge is 2.07. The van der Waals surface area contributed by atoms with Crippen LogP contribution in [0.5, 0.6) is 0 Å². The molecule has 0 atom stereocenters. The molecule has 0 amide bonds. The molecule has 11 heteroatoms. The fourth-order valence-corrected chi connectivity index (χ4v) is 2.91. The van der Waals surface area contributed by atoms with Gasteiger partial charge in [0.25, 0.3) is 0 Å². The Morgan fingerprint density at radius 2 is 1.00 bits per heavy atom. The first-order chi connectivity index (χ1) is 18.8. The highest BCUT2D eigenvalue weighted by atomic mass is 35.5. The van der Waals surface area contributed by atoms with Crippen LogP contribution in [0.15, 0.2) is 66.7 Å². The zero-order chi connectivity index (χ0) is 29.9.